The van der Waals surface area contributed by atoms with Crippen molar-refractivity contribution in [3.8, 4) is 0 Å². The average molecular weight is 323 g/mol. The van der Waals surface area contributed by atoms with Gasteiger partial charge in [0, 0.05) is 35.4 Å². The molecule has 3 nitrogen and oxygen atoms in total. The Morgan fingerprint density at radius 1 is 1.21 bits per heavy atom. The highest BCUT2D eigenvalue weighted by Crippen LogP contribution is 2.39. The molecule has 24 heavy (non-hydrogen) atoms. The summed E-state index contributed by atoms with van der Waals surface area (Å²) in [5.74, 6) is -0.237. The van der Waals surface area contributed by atoms with Crippen molar-refractivity contribution in [1.82, 2.24) is 4.98 Å². The molecule has 1 aliphatic rings. The van der Waals surface area contributed by atoms with Crippen molar-refractivity contribution in [2.45, 2.75) is 46.5 Å². The summed E-state index contributed by atoms with van der Waals surface area (Å²) >= 11 is 0. The van der Waals surface area contributed by atoms with Crippen molar-refractivity contribution in [2.24, 2.45) is 11.3 Å². The molecule has 0 radical (unpaired) electrons. The summed E-state index contributed by atoms with van der Waals surface area (Å²) in [5, 5.41) is 1.11. The lowest BCUT2D eigenvalue weighted by atomic mass is 9.71. The zero-order chi connectivity index (χ0) is 17.5. The molecule has 2 aromatic rings. The van der Waals surface area contributed by atoms with E-state index in [1.54, 1.807) is 0 Å². The second-order valence-corrected chi connectivity index (χ2v) is 8.06. The van der Waals surface area contributed by atoms with Crippen molar-refractivity contribution in [1.29, 1.82) is 0 Å². The quantitative estimate of drug-likeness (QED) is 0.638. The number of aromatic nitrogens is 1. The van der Waals surface area contributed by atoms with E-state index in [1.165, 1.54) is 0 Å². The van der Waals surface area contributed by atoms with Crippen LogP contribution in [0.5, 0.6) is 0 Å². The fourth-order valence-corrected chi connectivity index (χ4v) is 3.49. The number of Topliss-reactive ketones (excluding diaryl/α,β-unsaturated/α-hetero) is 2. The number of carbonyl (C=O) groups excluding carboxylic acids is 2. The summed E-state index contributed by atoms with van der Waals surface area (Å²) in [4.78, 5) is 28.6. The van der Waals surface area contributed by atoms with Crippen LogP contribution >= 0.6 is 0 Å². The number of benzene rings is 1. The average Bonchev–Trinajstić information content (AvgIpc) is 2.98. The number of nitrogens with one attached hydrogen (secondary N) is 1. The monoisotopic (exact) mass is 323 g/mol. The smallest absolute Gasteiger partial charge is 0.169 e. The molecule has 1 N–H and O–H groups in total. The largest absolute Gasteiger partial charge is 0.361 e. The molecule has 3 rings (SSSR count). The number of aromatic amines is 1. The fraction of sp³-hybridized carbons (Fsp3) is 0.429. The van der Waals surface area contributed by atoms with E-state index in [1.807, 2.05) is 43.5 Å². The van der Waals surface area contributed by atoms with E-state index < -0.39 is 0 Å². The van der Waals surface area contributed by atoms with Crippen LogP contribution in [0.15, 0.2) is 42.1 Å². The molecular weight excluding hydrogens is 298 g/mol. The third-order valence-electron chi connectivity index (χ3n) is 4.94. The summed E-state index contributed by atoms with van der Waals surface area (Å²) in [5.41, 5.74) is 2.63. The minimum absolute atomic E-state index is 0.00645. The first-order chi connectivity index (χ1) is 11.3. The summed E-state index contributed by atoms with van der Waals surface area (Å²) in [6, 6.07) is 8.07. The summed E-state index contributed by atoms with van der Waals surface area (Å²) in [7, 11) is 0. The van der Waals surface area contributed by atoms with Gasteiger partial charge >= 0.3 is 0 Å². The van der Waals surface area contributed by atoms with Crippen molar-refractivity contribution in [2.75, 3.05) is 0 Å². The number of fused-ring (bicyclic) bond motifs is 1. The van der Waals surface area contributed by atoms with Gasteiger partial charge in [-0.3, -0.25) is 9.59 Å². The Balaban J connectivity index is 1.94. The zero-order valence-electron chi connectivity index (χ0n) is 14.8. The number of rotatable bonds is 2. The number of hydrogen-bond donors (Lipinski definition) is 1. The van der Waals surface area contributed by atoms with Crippen LogP contribution in [0.2, 0.25) is 0 Å². The Labute approximate surface area is 143 Å². The van der Waals surface area contributed by atoms with E-state index in [-0.39, 0.29) is 28.8 Å². The number of H-pyrrole nitrogens is 1. The summed E-state index contributed by atoms with van der Waals surface area (Å²) < 4.78 is 0. The lowest BCUT2D eigenvalue weighted by molar-refractivity contribution is -0.127. The van der Waals surface area contributed by atoms with Crippen molar-refractivity contribution in [3.63, 3.8) is 0 Å². The lowest BCUT2D eigenvalue weighted by Gasteiger charge is -2.29. The predicted molar refractivity (Wildman–Crippen MR) is 97.0 cm³/mol. The van der Waals surface area contributed by atoms with Gasteiger partial charge in [-0.05, 0) is 29.5 Å². The normalized spacial score (nSPS) is 24.1. The highest BCUT2D eigenvalue weighted by Gasteiger charge is 2.38. The van der Waals surface area contributed by atoms with E-state index in [0.717, 1.165) is 22.9 Å². The van der Waals surface area contributed by atoms with E-state index in [0.29, 0.717) is 12.0 Å². The third kappa shape index (κ3) is 3.08. The van der Waals surface area contributed by atoms with Gasteiger partial charge in [-0.15, -0.1) is 0 Å². The second-order valence-electron chi connectivity index (χ2n) is 8.06. The first-order valence-corrected chi connectivity index (χ1v) is 8.61. The molecule has 0 amide bonds. The maximum Gasteiger partial charge on any atom is 0.169 e. The standard InChI is InChI=1S/C21H25NO2/c1-13-17(14-6-5-7-18-15(14)9-11-22-18)12-19(23)16(20(13)24)8-10-21(2,3)4/h5-9,11,13,17,22H,10,12H2,1-4H3. The lowest BCUT2D eigenvalue weighted by Crippen LogP contribution is -2.33. The van der Waals surface area contributed by atoms with Crippen molar-refractivity contribution < 1.29 is 9.59 Å². The second kappa shape index (κ2) is 6.04. The Bertz CT molecular complexity index is 820. The zero-order valence-corrected chi connectivity index (χ0v) is 14.8. The maximum atomic E-state index is 12.8. The molecule has 1 heterocycles. The van der Waals surface area contributed by atoms with Crippen LogP contribution in [-0.4, -0.2) is 16.6 Å². The molecule has 1 aromatic heterocycles. The number of allylic oxidation sites excluding steroid dienone is 2. The Hall–Kier alpha value is -2.16. The number of ketones is 2. The minimum Gasteiger partial charge on any atom is -0.361 e. The van der Waals surface area contributed by atoms with Gasteiger partial charge in [0.15, 0.2) is 11.6 Å². The van der Waals surface area contributed by atoms with Crippen LogP contribution in [0, 0.1) is 11.3 Å². The van der Waals surface area contributed by atoms with Crippen LogP contribution in [0.1, 0.15) is 52.0 Å². The minimum atomic E-state index is -0.172. The van der Waals surface area contributed by atoms with Crippen LogP contribution in [0.25, 0.3) is 10.9 Å². The van der Waals surface area contributed by atoms with Gasteiger partial charge in [0.2, 0.25) is 0 Å². The van der Waals surface area contributed by atoms with E-state index >= 15 is 0 Å². The Morgan fingerprint density at radius 2 is 1.96 bits per heavy atom. The molecule has 2 unspecified atom stereocenters. The molecule has 0 aliphatic heterocycles. The molecule has 2 atom stereocenters. The van der Waals surface area contributed by atoms with E-state index in [4.69, 9.17) is 0 Å². The molecule has 0 bridgehead atoms. The topological polar surface area (TPSA) is 49.9 Å². The van der Waals surface area contributed by atoms with Crippen LogP contribution in [-0.2, 0) is 9.59 Å². The van der Waals surface area contributed by atoms with Gasteiger partial charge in [0.25, 0.3) is 0 Å². The molecule has 1 fully saturated rings. The SMILES string of the molecule is CC1C(=O)C(=CCC(C)(C)C)C(=O)CC1c1cccc2[nH]ccc12. The molecule has 126 valence electrons. The van der Waals surface area contributed by atoms with Crippen LogP contribution in [0.3, 0.4) is 0 Å². The van der Waals surface area contributed by atoms with E-state index in [2.05, 4.69) is 25.8 Å². The third-order valence-corrected chi connectivity index (χ3v) is 4.94. The number of carbonyl (C=O) groups is 2. The maximum absolute atomic E-state index is 12.8. The van der Waals surface area contributed by atoms with Gasteiger partial charge in [-0.1, -0.05) is 45.9 Å². The molecular formula is C21H25NO2. The summed E-state index contributed by atoms with van der Waals surface area (Å²) in [6.45, 7) is 8.29. The highest BCUT2D eigenvalue weighted by molar-refractivity contribution is 6.23. The molecule has 3 heteroatoms. The molecule has 0 spiro atoms. The summed E-state index contributed by atoms with van der Waals surface area (Å²) in [6.07, 6.45) is 4.91. The molecule has 0 saturated heterocycles. The fourth-order valence-electron chi connectivity index (χ4n) is 3.49. The Kier molecular flexibility index (Phi) is 4.20. The molecule has 1 saturated carbocycles. The van der Waals surface area contributed by atoms with Gasteiger partial charge in [-0.2, -0.15) is 0 Å². The van der Waals surface area contributed by atoms with Gasteiger partial charge in [0.05, 0.1) is 5.57 Å². The van der Waals surface area contributed by atoms with Gasteiger partial charge in [-0.25, -0.2) is 0 Å². The van der Waals surface area contributed by atoms with Gasteiger partial charge in [0.1, 0.15) is 0 Å². The Morgan fingerprint density at radius 3 is 2.67 bits per heavy atom. The predicted octanol–water partition coefficient (Wildman–Crippen LogP) is 4.79. The van der Waals surface area contributed by atoms with Crippen molar-refractivity contribution in [3.05, 3.63) is 47.7 Å². The van der Waals surface area contributed by atoms with Crippen molar-refractivity contribution >= 4 is 22.5 Å². The number of hydrogen-bond acceptors (Lipinski definition) is 2. The molecule has 1 aromatic carbocycles. The first-order valence-electron chi connectivity index (χ1n) is 8.61. The van der Waals surface area contributed by atoms with Gasteiger partial charge < -0.3 is 4.98 Å². The van der Waals surface area contributed by atoms with E-state index in [9.17, 15) is 9.59 Å². The van der Waals surface area contributed by atoms with Crippen LogP contribution < -0.4 is 0 Å². The molecule has 1 aliphatic carbocycles. The first kappa shape index (κ1) is 16.7. The van der Waals surface area contributed by atoms with Crippen LogP contribution in [0.4, 0.5) is 0 Å². The highest BCUT2D eigenvalue weighted by atomic mass is 16.2.